The first kappa shape index (κ1) is 22.4. The van der Waals surface area contributed by atoms with Crippen molar-refractivity contribution < 1.29 is 14.3 Å². The number of ether oxygens (including phenoxy) is 2. The maximum Gasteiger partial charge on any atom is 0.251 e. The van der Waals surface area contributed by atoms with Gasteiger partial charge in [-0.05, 0) is 74.4 Å². The number of nitrogens with zero attached hydrogens (tertiary/aromatic N) is 2. The summed E-state index contributed by atoms with van der Waals surface area (Å²) in [6, 6.07) is 20.9. The van der Waals surface area contributed by atoms with Gasteiger partial charge < -0.3 is 19.4 Å². The Labute approximate surface area is 194 Å². The number of amides is 1. The fraction of sp³-hybridized carbons (Fsp3) is 0.259. The highest BCUT2D eigenvalue weighted by molar-refractivity contribution is 5.94. The van der Waals surface area contributed by atoms with Crippen LogP contribution in [0.4, 0.5) is 0 Å². The summed E-state index contributed by atoms with van der Waals surface area (Å²) in [6.07, 6.45) is 0. The van der Waals surface area contributed by atoms with Crippen molar-refractivity contribution in [1.82, 2.24) is 14.9 Å². The minimum atomic E-state index is -0.294. The quantitative estimate of drug-likeness (QED) is 0.405. The molecule has 1 atom stereocenters. The molecule has 6 nitrogen and oxygen atoms in total. The van der Waals surface area contributed by atoms with Crippen molar-refractivity contribution in [2.24, 2.45) is 0 Å². The predicted octanol–water partition coefficient (Wildman–Crippen LogP) is 5.23. The maximum atomic E-state index is 12.9. The summed E-state index contributed by atoms with van der Waals surface area (Å²) < 4.78 is 13.4. The van der Waals surface area contributed by atoms with Crippen molar-refractivity contribution in [2.45, 2.75) is 33.4 Å². The van der Waals surface area contributed by atoms with Crippen LogP contribution in [-0.2, 0) is 6.54 Å². The summed E-state index contributed by atoms with van der Waals surface area (Å²) in [6.45, 7) is 7.22. The molecule has 0 saturated heterocycles. The topological polar surface area (TPSA) is 65.4 Å². The van der Waals surface area contributed by atoms with Crippen LogP contribution in [0.1, 0.15) is 40.3 Å². The fourth-order valence-corrected chi connectivity index (χ4v) is 3.83. The van der Waals surface area contributed by atoms with E-state index in [1.54, 1.807) is 25.3 Å². The fourth-order valence-electron chi connectivity index (χ4n) is 3.83. The van der Waals surface area contributed by atoms with Gasteiger partial charge in [0.1, 0.15) is 23.9 Å². The number of aromatic nitrogens is 2. The Kier molecular flexibility index (Phi) is 6.63. The van der Waals surface area contributed by atoms with Crippen molar-refractivity contribution in [3.63, 3.8) is 0 Å². The highest BCUT2D eigenvalue weighted by Crippen LogP contribution is 2.22. The molecule has 4 rings (SSSR count). The average molecular weight is 444 g/mol. The Morgan fingerprint density at radius 1 is 1.00 bits per heavy atom. The molecule has 0 bridgehead atoms. The molecule has 1 heterocycles. The molecule has 6 heteroatoms. The minimum Gasteiger partial charge on any atom is -0.497 e. The number of aryl methyl sites for hydroxylation is 2. The van der Waals surface area contributed by atoms with Crippen LogP contribution >= 0.6 is 0 Å². The van der Waals surface area contributed by atoms with E-state index in [0.29, 0.717) is 24.5 Å². The van der Waals surface area contributed by atoms with Crippen LogP contribution < -0.4 is 14.8 Å². The van der Waals surface area contributed by atoms with E-state index in [-0.39, 0.29) is 11.9 Å². The first-order valence-corrected chi connectivity index (χ1v) is 11.1. The predicted molar refractivity (Wildman–Crippen MR) is 130 cm³/mol. The first-order chi connectivity index (χ1) is 16.0. The monoisotopic (exact) mass is 443 g/mol. The van der Waals surface area contributed by atoms with E-state index in [1.807, 2.05) is 43.3 Å². The molecule has 1 amide bonds. The molecule has 1 N–H and O–H groups in total. The van der Waals surface area contributed by atoms with E-state index in [9.17, 15) is 4.79 Å². The zero-order chi connectivity index (χ0) is 23.4. The van der Waals surface area contributed by atoms with E-state index in [1.165, 1.54) is 11.1 Å². The lowest BCUT2D eigenvalue weighted by molar-refractivity contribution is 0.0937. The van der Waals surface area contributed by atoms with Gasteiger partial charge in [-0.1, -0.05) is 24.3 Å². The van der Waals surface area contributed by atoms with Gasteiger partial charge >= 0.3 is 0 Å². The van der Waals surface area contributed by atoms with E-state index in [4.69, 9.17) is 14.5 Å². The summed E-state index contributed by atoms with van der Waals surface area (Å²) in [5.41, 5.74) is 4.89. The normalized spacial score (nSPS) is 11.9. The lowest BCUT2D eigenvalue weighted by Gasteiger charge is -2.17. The van der Waals surface area contributed by atoms with Crippen molar-refractivity contribution in [2.75, 3.05) is 13.7 Å². The Morgan fingerprint density at radius 3 is 2.61 bits per heavy atom. The SMILES string of the molecule is COc1cccc(C(=O)NC(C)c2nc3ccccc3n2CCOc2ccc(C)c(C)c2)c1. The molecule has 1 unspecified atom stereocenters. The molecule has 4 aromatic rings. The lowest BCUT2D eigenvalue weighted by Crippen LogP contribution is -2.29. The van der Waals surface area contributed by atoms with Gasteiger partial charge in [-0.3, -0.25) is 4.79 Å². The summed E-state index contributed by atoms with van der Waals surface area (Å²) >= 11 is 0. The van der Waals surface area contributed by atoms with Gasteiger partial charge in [0.05, 0.1) is 30.7 Å². The van der Waals surface area contributed by atoms with Crippen LogP contribution in [0.15, 0.2) is 66.7 Å². The van der Waals surface area contributed by atoms with Crippen molar-refractivity contribution >= 4 is 16.9 Å². The van der Waals surface area contributed by atoms with Gasteiger partial charge in [0.2, 0.25) is 0 Å². The van der Waals surface area contributed by atoms with Crippen LogP contribution in [0.25, 0.3) is 11.0 Å². The number of benzene rings is 3. The van der Waals surface area contributed by atoms with E-state index >= 15 is 0 Å². The summed E-state index contributed by atoms with van der Waals surface area (Å²) in [5.74, 6) is 2.11. The highest BCUT2D eigenvalue weighted by Gasteiger charge is 2.19. The van der Waals surface area contributed by atoms with Gasteiger partial charge in [-0.25, -0.2) is 4.98 Å². The first-order valence-electron chi connectivity index (χ1n) is 11.1. The van der Waals surface area contributed by atoms with Crippen LogP contribution in [0.5, 0.6) is 11.5 Å². The lowest BCUT2D eigenvalue weighted by atomic mass is 10.1. The Bertz CT molecular complexity index is 1280. The number of carbonyl (C=O) groups is 1. The Morgan fingerprint density at radius 2 is 1.82 bits per heavy atom. The van der Waals surface area contributed by atoms with Crippen molar-refractivity contribution in [1.29, 1.82) is 0 Å². The third kappa shape index (κ3) is 5.00. The molecule has 0 spiro atoms. The zero-order valence-electron chi connectivity index (χ0n) is 19.5. The number of para-hydroxylation sites is 2. The summed E-state index contributed by atoms with van der Waals surface area (Å²) in [4.78, 5) is 17.7. The average Bonchev–Trinajstić information content (AvgIpc) is 3.20. The number of carbonyl (C=O) groups excluding carboxylic acids is 1. The standard InChI is InChI=1S/C27H29N3O3/c1-18-12-13-23(16-19(18)2)33-15-14-30-25-11-6-5-10-24(25)29-26(30)20(3)28-27(31)21-8-7-9-22(17-21)32-4/h5-13,16-17,20H,14-15H2,1-4H3,(H,28,31). The third-order valence-corrected chi connectivity index (χ3v) is 5.81. The molecule has 0 aliphatic rings. The van der Waals surface area contributed by atoms with Gasteiger partial charge in [-0.15, -0.1) is 0 Å². The molecule has 170 valence electrons. The van der Waals surface area contributed by atoms with Crippen LogP contribution in [0.3, 0.4) is 0 Å². The second-order valence-electron chi connectivity index (χ2n) is 8.13. The minimum absolute atomic E-state index is 0.175. The Hall–Kier alpha value is -3.80. The number of hydrogen-bond donors (Lipinski definition) is 1. The molecule has 1 aromatic heterocycles. The molecule has 0 saturated carbocycles. The van der Waals surface area contributed by atoms with Crippen LogP contribution in [0, 0.1) is 13.8 Å². The highest BCUT2D eigenvalue weighted by atomic mass is 16.5. The molecule has 0 fully saturated rings. The molecule has 0 aliphatic heterocycles. The molecule has 33 heavy (non-hydrogen) atoms. The molecule has 3 aromatic carbocycles. The largest absolute Gasteiger partial charge is 0.497 e. The number of imidazole rings is 1. The van der Waals surface area contributed by atoms with E-state index in [2.05, 4.69) is 35.9 Å². The number of methoxy groups -OCH3 is 1. The smallest absolute Gasteiger partial charge is 0.251 e. The molecule has 0 radical (unpaired) electrons. The van der Waals surface area contributed by atoms with Gasteiger partial charge in [0, 0.05) is 5.56 Å². The Balaban J connectivity index is 1.53. The number of hydrogen-bond acceptors (Lipinski definition) is 4. The number of nitrogens with one attached hydrogen (secondary N) is 1. The number of rotatable bonds is 8. The van der Waals surface area contributed by atoms with Crippen molar-refractivity contribution in [3.05, 3.63) is 89.2 Å². The maximum absolute atomic E-state index is 12.9. The van der Waals surface area contributed by atoms with Gasteiger partial charge in [0.15, 0.2) is 0 Å². The van der Waals surface area contributed by atoms with Crippen LogP contribution in [-0.4, -0.2) is 29.2 Å². The second kappa shape index (κ2) is 9.77. The molecule has 0 aliphatic carbocycles. The number of fused-ring (bicyclic) bond motifs is 1. The van der Waals surface area contributed by atoms with Crippen molar-refractivity contribution in [3.8, 4) is 11.5 Å². The molecular formula is C27H29N3O3. The second-order valence-corrected chi connectivity index (χ2v) is 8.13. The van der Waals surface area contributed by atoms with E-state index < -0.39 is 0 Å². The molecular weight excluding hydrogens is 414 g/mol. The summed E-state index contributed by atoms with van der Waals surface area (Å²) in [7, 11) is 1.59. The zero-order valence-corrected chi connectivity index (χ0v) is 19.5. The third-order valence-electron chi connectivity index (χ3n) is 5.81. The summed E-state index contributed by atoms with van der Waals surface area (Å²) in [5, 5.41) is 3.07. The van der Waals surface area contributed by atoms with Gasteiger partial charge in [0.25, 0.3) is 5.91 Å². The van der Waals surface area contributed by atoms with Crippen LogP contribution in [0.2, 0.25) is 0 Å². The van der Waals surface area contributed by atoms with Gasteiger partial charge in [-0.2, -0.15) is 0 Å². The van der Waals surface area contributed by atoms with E-state index in [0.717, 1.165) is 22.6 Å².